The van der Waals surface area contributed by atoms with E-state index in [1.807, 2.05) is 12.1 Å². The standard InChI is InChI=1S/C18H13.C12H10.2ClH.Zr/c1-2-6-13(5-1)14-9-10-18-16(11-14)12-15-7-3-4-8-17(15)18;1-3-7-11(8-4-1)12-9-5-2-6-10-12;;;/h1-5,7-10H,6,12H2;1-10H;2*1H;/q-1;;;;+3/p-2. The summed E-state index contributed by atoms with van der Waals surface area (Å²) in [5.41, 5.74) is 10.7. The molecule has 6 rings (SSSR count). The van der Waals surface area contributed by atoms with Crippen molar-refractivity contribution >= 4 is 5.57 Å². The fraction of sp³-hybridized carbons (Fsp3) is 0.0667. The normalized spacial score (nSPS) is 11.9. The second kappa shape index (κ2) is 12.9. The molecule has 0 atom stereocenters. The molecular weight excluding hydrogens is 522 g/mol. The first kappa shape index (κ1) is 27.1. The fourth-order valence-corrected chi connectivity index (χ4v) is 4.15. The Hall–Kier alpha value is -2.18. The van der Waals surface area contributed by atoms with Gasteiger partial charge in [0, 0.05) is 0 Å². The van der Waals surface area contributed by atoms with Crippen molar-refractivity contribution in [2.45, 2.75) is 12.8 Å². The molecule has 0 N–H and O–H groups in total. The Bertz CT molecular complexity index is 1190. The van der Waals surface area contributed by atoms with Crippen molar-refractivity contribution in [1.29, 1.82) is 0 Å². The van der Waals surface area contributed by atoms with E-state index >= 15 is 0 Å². The maximum absolute atomic E-state index is 3.61. The van der Waals surface area contributed by atoms with Crippen molar-refractivity contribution in [3.63, 3.8) is 0 Å². The number of halogens is 2. The van der Waals surface area contributed by atoms with Crippen molar-refractivity contribution in [2.24, 2.45) is 0 Å². The van der Waals surface area contributed by atoms with Gasteiger partial charge in [-0.15, -0.1) is 41.0 Å². The second-order valence-corrected chi connectivity index (χ2v) is 7.65. The van der Waals surface area contributed by atoms with Crippen LogP contribution < -0.4 is 24.8 Å². The molecule has 161 valence electrons. The minimum absolute atomic E-state index is 0. The van der Waals surface area contributed by atoms with Crippen molar-refractivity contribution in [3.05, 3.63) is 138 Å². The van der Waals surface area contributed by atoms with E-state index in [9.17, 15) is 0 Å². The average Bonchev–Trinajstić information content (AvgIpc) is 3.48. The molecule has 0 aliphatic heterocycles. The van der Waals surface area contributed by atoms with Gasteiger partial charge >= 0.3 is 26.2 Å². The average molecular weight is 546 g/mol. The molecule has 0 nitrogen and oxygen atoms in total. The van der Waals surface area contributed by atoms with Gasteiger partial charge in [-0.1, -0.05) is 108 Å². The summed E-state index contributed by atoms with van der Waals surface area (Å²) in [6.45, 7) is 0. The Morgan fingerprint density at radius 1 is 0.606 bits per heavy atom. The first-order valence-electron chi connectivity index (χ1n) is 10.5. The number of hydrogen-bond acceptors (Lipinski definition) is 0. The Kier molecular flexibility index (Phi) is 10.6. The molecule has 0 saturated carbocycles. The predicted molar refractivity (Wildman–Crippen MR) is 127 cm³/mol. The molecule has 0 amide bonds. The van der Waals surface area contributed by atoms with Crippen LogP contribution in [0.3, 0.4) is 0 Å². The molecule has 4 aromatic carbocycles. The molecular formula is C30H23Cl2Zr. The SMILES string of the molecule is [Cl-].[Cl-].[Zr+3].[c-]1c(C2=CC=CC2)ccc2c1Cc1ccccc1-2.c1ccc(-c2ccccc2)cc1. The molecule has 33 heavy (non-hydrogen) atoms. The van der Waals surface area contributed by atoms with Crippen molar-refractivity contribution in [2.75, 3.05) is 0 Å². The van der Waals surface area contributed by atoms with Crippen LogP contribution in [0.5, 0.6) is 0 Å². The number of fused-ring (bicyclic) bond motifs is 3. The van der Waals surface area contributed by atoms with E-state index < -0.39 is 0 Å². The molecule has 0 unspecified atom stereocenters. The minimum Gasteiger partial charge on any atom is -1.00 e. The van der Waals surface area contributed by atoms with Crippen molar-refractivity contribution in [3.8, 4) is 22.3 Å². The third-order valence-electron chi connectivity index (χ3n) is 5.70. The van der Waals surface area contributed by atoms with Gasteiger partial charge in [0.2, 0.25) is 0 Å². The van der Waals surface area contributed by atoms with E-state index in [-0.39, 0.29) is 51.0 Å². The Labute approximate surface area is 228 Å². The smallest absolute Gasteiger partial charge is 1.00 e. The van der Waals surface area contributed by atoms with Gasteiger partial charge in [0.25, 0.3) is 0 Å². The largest absolute Gasteiger partial charge is 3.00 e. The van der Waals surface area contributed by atoms with Crippen LogP contribution in [0.15, 0.2) is 115 Å². The second-order valence-electron chi connectivity index (χ2n) is 7.65. The van der Waals surface area contributed by atoms with E-state index in [4.69, 9.17) is 0 Å². The zero-order valence-electron chi connectivity index (χ0n) is 18.1. The first-order valence-corrected chi connectivity index (χ1v) is 10.5. The van der Waals surface area contributed by atoms with Gasteiger partial charge < -0.3 is 24.8 Å². The van der Waals surface area contributed by atoms with E-state index in [0.717, 1.165) is 12.8 Å². The summed E-state index contributed by atoms with van der Waals surface area (Å²) in [5.74, 6) is 0. The van der Waals surface area contributed by atoms with E-state index in [2.05, 4.69) is 109 Å². The van der Waals surface area contributed by atoms with Crippen molar-refractivity contribution < 1.29 is 51.0 Å². The summed E-state index contributed by atoms with van der Waals surface area (Å²) in [7, 11) is 0. The van der Waals surface area contributed by atoms with E-state index in [0.29, 0.717) is 0 Å². The minimum atomic E-state index is 0. The molecule has 0 saturated heterocycles. The molecule has 0 heterocycles. The number of rotatable bonds is 2. The van der Waals surface area contributed by atoms with Gasteiger partial charge in [0.05, 0.1) is 0 Å². The Balaban J connectivity index is 0.000000229. The summed E-state index contributed by atoms with van der Waals surface area (Å²) in [4.78, 5) is 0. The predicted octanol–water partition coefficient (Wildman–Crippen LogP) is 1.76. The number of benzene rings is 4. The molecule has 1 radical (unpaired) electrons. The van der Waals surface area contributed by atoms with Gasteiger partial charge in [0.15, 0.2) is 0 Å². The van der Waals surface area contributed by atoms with E-state index in [1.54, 1.807) is 0 Å². The van der Waals surface area contributed by atoms with Crippen LogP contribution >= 0.6 is 0 Å². The summed E-state index contributed by atoms with van der Waals surface area (Å²) in [5, 5.41) is 0. The summed E-state index contributed by atoms with van der Waals surface area (Å²) >= 11 is 0. The number of allylic oxidation sites excluding steroid dienone is 4. The monoisotopic (exact) mass is 543 g/mol. The molecule has 0 spiro atoms. The van der Waals surface area contributed by atoms with Crippen LogP contribution in [0, 0.1) is 6.07 Å². The Morgan fingerprint density at radius 2 is 1.21 bits per heavy atom. The molecule has 2 aliphatic carbocycles. The quantitative estimate of drug-likeness (QED) is 0.297. The summed E-state index contributed by atoms with van der Waals surface area (Å²) < 4.78 is 0. The molecule has 3 heteroatoms. The van der Waals surface area contributed by atoms with Crippen molar-refractivity contribution in [1.82, 2.24) is 0 Å². The maximum atomic E-state index is 3.61. The van der Waals surface area contributed by atoms with Gasteiger partial charge in [-0.25, -0.2) is 0 Å². The van der Waals surface area contributed by atoms with E-state index in [1.165, 1.54) is 44.5 Å². The van der Waals surface area contributed by atoms with Crippen LogP contribution in [-0.4, -0.2) is 0 Å². The van der Waals surface area contributed by atoms with Gasteiger partial charge in [-0.05, 0) is 29.5 Å². The van der Waals surface area contributed by atoms with Gasteiger partial charge in [-0.2, -0.15) is 0 Å². The molecule has 0 bridgehead atoms. The maximum Gasteiger partial charge on any atom is 3.00 e. The zero-order chi connectivity index (χ0) is 20.2. The Morgan fingerprint density at radius 3 is 1.82 bits per heavy atom. The molecule has 4 aromatic rings. The van der Waals surface area contributed by atoms with Crippen LogP contribution in [0.4, 0.5) is 0 Å². The van der Waals surface area contributed by atoms with Crippen LogP contribution in [0.25, 0.3) is 27.8 Å². The summed E-state index contributed by atoms with van der Waals surface area (Å²) in [6, 6.07) is 37.5. The zero-order valence-corrected chi connectivity index (χ0v) is 22.1. The van der Waals surface area contributed by atoms with Crippen LogP contribution in [0.2, 0.25) is 0 Å². The molecule has 0 aromatic heterocycles. The summed E-state index contributed by atoms with van der Waals surface area (Å²) in [6.07, 6.45) is 8.60. The number of hydrogen-bond donors (Lipinski definition) is 0. The van der Waals surface area contributed by atoms with Crippen LogP contribution in [-0.2, 0) is 32.6 Å². The van der Waals surface area contributed by atoms with Gasteiger partial charge in [0.1, 0.15) is 0 Å². The molecule has 0 fully saturated rings. The topological polar surface area (TPSA) is 0 Å². The third-order valence-corrected chi connectivity index (χ3v) is 5.70. The van der Waals surface area contributed by atoms with Crippen LogP contribution in [0.1, 0.15) is 23.1 Å². The fourth-order valence-electron chi connectivity index (χ4n) is 4.15. The first-order chi connectivity index (χ1) is 14.9. The van der Waals surface area contributed by atoms with Gasteiger partial charge in [-0.3, -0.25) is 0 Å². The third kappa shape index (κ3) is 6.24. The molecule has 2 aliphatic rings.